The molecule has 0 aromatic heterocycles. The number of benzene rings is 3. The molecule has 0 saturated carbocycles. The Morgan fingerprint density at radius 1 is 0.903 bits per heavy atom. The molecule has 3 aromatic carbocycles. The lowest BCUT2D eigenvalue weighted by molar-refractivity contribution is 0.102. The van der Waals surface area contributed by atoms with E-state index < -0.39 is 10.0 Å². The minimum atomic E-state index is -3.65. The Morgan fingerprint density at radius 3 is 2.16 bits per heavy atom. The van der Waals surface area contributed by atoms with E-state index in [2.05, 4.69) is 23.9 Å². The van der Waals surface area contributed by atoms with Crippen molar-refractivity contribution in [1.29, 1.82) is 0 Å². The maximum Gasteiger partial charge on any atom is 0.255 e. The molecule has 31 heavy (non-hydrogen) atoms. The zero-order valence-electron chi connectivity index (χ0n) is 17.5. The fourth-order valence-corrected chi connectivity index (χ4v) is 3.76. The summed E-state index contributed by atoms with van der Waals surface area (Å²) in [5.74, 6) is 0.847. The van der Waals surface area contributed by atoms with Crippen LogP contribution in [-0.2, 0) is 16.6 Å². The van der Waals surface area contributed by atoms with Gasteiger partial charge in [-0.25, -0.2) is 13.1 Å². The standard InChI is InChI=1S/C24H26N2O4S/c1-18(2)17-30-22-12-8-20(9-13-22)24(27)26-21-10-14-23(15-11-21)31(28,29)25-16-19-6-4-3-5-7-19/h3-15,18,25H,16-17H2,1-2H3,(H,26,27). The van der Waals surface area contributed by atoms with E-state index >= 15 is 0 Å². The summed E-state index contributed by atoms with van der Waals surface area (Å²) >= 11 is 0. The molecule has 3 aromatic rings. The first kappa shape index (κ1) is 22.5. The summed E-state index contributed by atoms with van der Waals surface area (Å²) in [7, 11) is -3.65. The van der Waals surface area contributed by atoms with Crippen molar-refractivity contribution in [2.45, 2.75) is 25.3 Å². The molecular weight excluding hydrogens is 412 g/mol. The van der Waals surface area contributed by atoms with Crippen LogP contribution in [0.1, 0.15) is 29.8 Å². The summed E-state index contributed by atoms with van der Waals surface area (Å²) in [6, 6.07) is 22.2. The lowest BCUT2D eigenvalue weighted by Gasteiger charge is -2.10. The molecule has 0 saturated heterocycles. The van der Waals surface area contributed by atoms with E-state index in [0.717, 1.165) is 5.56 Å². The first-order valence-electron chi connectivity index (χ1n) is 10.0. The van der Waals surface area contributed by atoms with Crippen LogP contribution < -0.4 is 14.8 Å². The molecule has 1 amide bonds. The highest BCUT2D eigenvalue weighted by atomic mass is 32.2. The molecule has 0 aliphatic rings. The van der Waals surface area contributed by atoms with Gasteiger partial charge in [-0.3, -0.25) is 4.79 Å². The van der Waals surface area contributed by atoms with Crippen LogP contribution in [0.25, 0.3) is 0 Å². The zero-order chi connectivity index (χ0) is 22.3. The number of amides is 1. The van der Waals surface area contributed by atoms with Crippen molar-refractivity contribution in [2.24, 2.45) is 5.92 Å². The number of carbonyl (C=O) groups excluding carboxylic acids is 1. The van der Waals surface area contributed by atoms with Crippen LogP contribution in [0.3, 0.4) is 0 Å². The second-order valence-electron chi connectivity index (χ2n) is 7.52. The number of carbonyl (C=O) groups is 1. The molecule has 162 valence electrons. The van der Waals surface area contributed by atoms with Crippen LogP contribution in [0.5, 0.6) is 5.75 Å². The molecule has 3 rings (SSSR count). The smallest absolute Gasteiger partial charge is 0.255 e. The van der Waals surface area contributed by atoms with E-state index in [-0.39, 0.29) is 17.3 Å². The van der Waals surface area contributed by atoms with Crippen molar-refractivity contribution in [3.8, 4) is 5.75 Å². The molecule has 0 aliphatic carbocycles. The lowest BCUT2D eigenvalue weighted by atomic mass is 10.2. The van der Waals surface area contributed by atoms with Crippen LogP contribution >= 0.6 is 0 Å². The van der Waals surface area contributed by atoms with E-state index in [4.69, 9.17) is 4.74 Å². The minimum absolute atomic E-state index is 0.132. The van der Waals surface area contributed by atoms with Gasteiger partial charge < -0.3 is 10.1 Å². The fourth-order valence-electron chi connectivity index (χ4n) is 2.74. The van der Waals surface area contributed by atoms with Gasteiger partial charge in [-0.1, -0.05) is 44.2 Å². The largest absolute Gasteiger partial charge is 0.493 e. The van der Waals surface area contributed by atoms with Gasteiger partial charge in [-0.2, -0.15) is 0 Å². The van der Waals surface area contributed by atoms with Gasteiger partial charge in [0.25, 0.3) is 5.91 Å². The Balaban J connectivity index is 1.58. The lowest BCUT2D eigenvalue weighted by Crippen LogP contribution is -2.23. The van der Waals surface area contributed by atoms with Crippen molar-refractivity contribution >= 4 is 21.6 Å². The van der Waals surface area contributed by atoms with Crippen molar-refractivity contribution in [3.05, 3.63) is 90.0 Å². The first-order valence-corrected chi connectivity index (χ1v) is 11.5. The average Bonchev–Trinajstić information content (AvgIpc) is 2.78. The second kappa shape index (κ2) is 10.2. The molecule has 2 N–H and O–H groups in total. The monoisotopic (exact) mass is 438 g/mol. The predicted octanol–water partition coefficient (Wildman–Crippen LogP) is 4.45. The Hall–Kier alpha value is -3.16. The normalized spacial score (nSPS) is 11.3. The predicted molar refractivity (Wildman–Crippen MR) is 122 cm³/mol. The Morgan fingerprint density at radius 2 is 1.55 bits per heavy atom. The molecule has 0 fully saturated rings. The van der Waals surface area contributed by atoms with Gasteiger partial charge in [0.15, 0.2) is 0 Å². The number of ether oxygens (including phenoxy) is 1. The average molecular weight is 439 g/mol. The van der Waals surface area contributed by atoms with E-state index in [1.165, 1.54) is 12.1 Å². The summed E-state index contributed by atoms with van der Waals surface area (Å²) < 4.78 is 33.1. The van der Waals surface area contributed by atoms with Crippen molar-refractivity contribution in [3.63, 3.8) is 0 Å². The summed E-state index contributed by atoms with van der Waals surface area (Å²) in [5.41, 5.74) is 1.86. The number of rotatable bonds is 9. The van der Waals surface area contributed by atoms with Gasteiger partial charge >= 0.3 is 0 Å². The van der Waals surface area contributed by atoms with Crippen molar-refractivity contribution in [2.75, 3.05) is 11.9 Å². The fraction of sp³-hybridized carbons (Fsp3) is 0.208. The van der Waals surface area contributed by atoms with Gasteiger partial charge in [0.05, 0.1) is 11.5 Å². The molecule has 0 atom stereocenters. The number of nitrogens with one attached hydrogen (secondary N) is 2. The van der Waals surface area contributed by atoms with Crippen LogP contribution in [0.15, 0.2) is 83.8 Å². The minimum Gasteiger partial charge on any atom is -0.493 e. The first-order chi connectivity index (χ1) is 14.8. The molecule has 0 heterocycles. The van der Waals surface area contributed by atoms with Gasteiger partial charge in [0.2, 0.25) is 10.0 Å². The van der Waals surface area contributed by atoms with Crippen LogP contribution in [0, 0.1) is 5.92 Å². The summed E-state index contributed by atoms with van der Waals surface area (Å²) in [5, 5.41) is 2.77. The highest BCUT2D eigenvalue weighted by molar-refractivity contribution is 7.89. The highest BCUT2D eigenvalue weighted by Gasteiger charge is 2.14. The van der Waals surface area contributed by atoms with E-state index in [1.807, 2.05) is 30.3 Å². The summed E-state index contributed by atoms with van der Waals surface area (Å²) in [4.78, 5) is 12.6. The quantitative estimate of drug-likeness (QED) is 0.517. The number of hydrogen-bond acceptors (Lipinski definition) is 4. The SMILES string of the molecule is CC(C)COc1ccc(C(=O)Nc2ccc(S(=O)(=O)NCc3ccccc3)cc2)cc1. The Labute approximate surface area is 183 Å². The maximum absolute atomic E-state index is 12.5. The van der Waals surface area contributed by atoms with Crippen molar-refractivity contribution in [1.82, 2.24) is 4.72 Å². The number of hydrogen-bond donors (Lipinski definition) is 2. The Bertz CT molecular complexity index is 1090. The topological polar surface area (TPSA) is 84.5 Å². The van der Waals surface area contributed by atoms with Crippen molar-refractivity contribution < 1.29 is 17.9 Å². The highest BCUT2D eigenvalue weighted by Crippen LogP contribution is 2.17. The van der Waals surface area contributed by atoms with Crippen LogP contribution in [-0.4, -0.2) is 20.9 Å². The third kappa shape index (κ3) is 6.67. The second-order valence-corrected chi connectivity index (χ2v) is 9.28. The van der Waals surface area contributed by atoms with Gasteiger partial charge in [0.1, 0.15) is 5.75 Å². The Kier molecular flexibility index (Phi) is 7.44. The van der Waals surface area contributed by atoms with Gasteiger partial charge in [-0.05, 0) is 60.0 Å². The summed E-state index contributed by atoms with van der Waals surface area (Å²) in [6.45, 7) is 4.95. The number of sulfonamides is 1. The molecule has 0 aliphatic heterocycles. The van der Waals surface area contributed by atoms with E-state index in [9.17, 15) is 13.2 Å². The van der Waals surface area contributed by atoms with E-state index in [1.54, 1.807) is 36.4 Å². The van der Waals surface area contributed by atoms with Gasteiger partial charge in [0, 0.05) is 17.8 Å². The number of anilines is 1. The van der Waals surface area contributed by atoms with Crippen LogP contribution in [0.2, 0.25) is 0 Å². The summed E-state index contributed by atoms with van der Waals surface area (Å²) in [6.07, 6.45) is 0. The van der Waals surface area contributed by atoms with E-state index in [0.29, 0.717) is 29.5 Å². The molecule has 0 bridgehead atoms. The van der Waals surface area contributed by atoms with Crippen LogP contribution in [0.4, 0.5) is 5.69 Å². The zero-order valence-corrected chi connectivity index (χ0v) is 18.4. The molecule has 0 spiro atoms. The third-order valence-corrected chi connectivity index (χ3v) is 5.85. The molecule has 0 unspecified atom stereocenters. The molecular formula is C24H26N2O4S. The molecule has 6 nitrogen and oxygen atoms in total. The van der Waals surface area contributed by atoms with Gasteiger partial charge in [-0.15, -0.1) is 0 Å². The molecule has 7 heteroatoms. The molecule has 0 radical (unpaired) electrons. The third-order valence-electron chi connectivity index (χ3n) is 4.43. The maximum atomic E-state index is 12.5.